The Bertz CT molecular complexity index is 1580. The number of hydrogen-bond acceptors (Lipinski definition) is 8. The Kier molecular flexibility index (Phi) is 20.3. The molecule has 0 saturated heterocycles. The number of carbonyl (C=O) groups excluding carboxylic acids is 1. The molecule has 4 rings (SSSR count). The van der Waals surface area contributed by atoms with Crippen LogP contribution in [0.1, 0.15) is 61.9 Å². The standard InChI is InChI=1S/C26H28N2O5.C6H12N2.C2H2O4.H2O.Pt/c1-4-28(5-2)21-12-9-19-16-22(26(32)33-24(19)17-21)23(29)13-8-18-6-10-20(11-7-18)27(3)15-14-25(30)31;7-5-3-1-2-4-6(5)8;3-1(4)2(5)6;;/h6-13,16-17H,4-5,14-15H2,1-3H3,(H,30,31);5-8H,1-4H2;(H,3,4)(H,5,6);1H2;/q;-2;;;+2/b13-8+;;;;/t;5-,6-;;;/m.1.../s1. The predicted octanol–water partition coefficient (Wildman–Crippen LogP) is 5.18. The van der Waals surface area contributed by atoms with Gasteiger partial charge in [-0.1, -0.05) is 43.9 Å². The normalized spacial score (nSPS) is 14.9. The van der Waals surface area contributed by atoms with Gasteiger partial charge in [-0.15, -0.1) is 0 Å². The molecule has 0 unspecified atom stereocenters. The van der Waals surface area contributed by atoms with E-state index in [-0.39, 0.29) is 50.6 Å². The molecule has 0 bridgehead atoms. The number of ketones is 1. The number of hydrogen-bond donors (Lipinski definition) is 3. The Morgan fingerprint density at radius 1 is 0.878 bits per heavy atom. The summed E-state index contributed by atoms with van der Waals surface area (Å²) in [5.74, 6) is -4.92. The average Bonchev–Trinajstić information content (AvgIpc) is 3.05. The number of anilines is 2. The summed E-state index contributed by atoms with van der Waals surface area (Å²) < 4.78 is 5.44. The van der Waals surface area contributed by atoms with Gasteiger partial charge in [0.1, 0.15) is 11.1 Å². The van der Waals surface area contributed by atoms with Gasteiger partial charge in [0.2, 0.25) is 0 Å². The first-order chi connectivity index (χ1) is 22.3. The molecule has 15 heteroatoms. The largest absolute Gasteiger partial charge is 2.00 e. The van der Waals surface area contributed by atoms with Gasteiger partial charge in [0.15, 0.2) is 5.78 Å². The molecule has 1 aliphatic rings. The first-order valence-corrected chi connectivity index (χ1v) is 15.2. The molecule has 2 aromatic carbocycles. The molecule has 1 fully saturated rings. The van der Waals surface area contributed by atoms with Crippen molar-refractivity contribution in [3.63, 3.8) is 0 Å². The molecule has 0 amide bonds. The maximum atomic E-state index is 12.7. The zero-order valence-electron chi connectivity index (χ0n) is 27.6. The summed E-state index contributed by atoms with van der Waals surface area (Å²) in [6.45, 7) is 6.20. The average molecular weight is 864 g/mol. The van der Waals surface area contributed by atoms with Crippen molar-refractivity contribution in [2.45, 2.75) is 58.0 Å². The number of carboxylic acids is 3. The summed E-state index contributed by atoms with van der Waals surface area (Å²) in [7, 11) is 1.82. The third kappa shape index (κ3) is 14.7. The minimum atomic E-state index is -1.82. The number of aliphatic carboxylic acids is 3. The van der Waals surface area contributed by atoms with Crippen molar-refractivity contribution < 1.29 is 65.5 Å². The molecule has 1 aromatic heterocycles. The number of nitrogens with zero attached hydrogens (tertiary/aromatic N) is 2. The van der Waals surface area contributed by atoms with E-state index >= 15 is 0 Å². The molecule has 1 heterocycles. The Morgan fingerprint density at radius 2 is 1.41 bits per heavy atom. The number of allylic oxidation sites excluding steroid dienone is 1. The molecule has 49 heavy (non-hydrogen) atoms. The van der Waals surface area contributed by atoms with Crippen molar-refractivity contribution in [3.8, 4) is 0 Å². The molecule has 0 aliphatic heterocycles. The van der Waals surface area contributed by atoms with Crippen LogP contribution in [0, 0.1) is 0 Å². The van der Waals surface area contributed by atoms with Gasteiger partial charge in [-0.2, -0.15) is 12.1 Å². The fourth-order valence-corrected chi connectivity index (χ4v) is 4.68. The summed E-state index contributed by atoms with van der Waals surface area (Å²) in [6, 6.07) is 14.4. The first-order valence-electron chi connectivity index (χ1n) is 15.2. The molecular formula is C34H44N4O10Pt. The smallest absolute Gasteiger partial charge is 0.676 e. The van der Waals surface area contributed by atoms with E-state index < -0.39 is 29.3 Å². The van der Waals surface area contributed by atoms with E-state index in [9.17, 15) is 14.4 Å². The Hall–Kier alpha value is -4.36. The zero-order valence-corrected chi connectivity index (χ0v) is 29.9. The Labute approximate surface area is 298 Å². The maximum absolute atomic E-state index is 12.7. The molecule has 270 valence electrons. The Morgan fingerprint density at radius 3 is 1.88 bits per heavy atom. The van der Waals surface area contributed by atoms with Crippen molar-refractivity contribution >= 4 is 52.1 Å². The van der Waals surface area contributed by atoms with E-state index in [1.807, 2.05) is 54.4 Å². The molecule has 0 spiro atoms. The first kappa shape index (κ1) is 44.6. The van der Waals surface area contributed by atoms with Crippen LogP contribution in [-0.2, 0) is 35.4 Å². The quantitative estimate of drug-likeness (QED) is 0.104. The van der Waals surface area contributed by atoms with E-state index in [0.29, 0.717) is 17.5 Å². The minimum absolute atomic E-state index is 0. The van der Waals surface area contributed by atoms with Gasteiger partial charge in [0, 0.05) is 49.5 Å². The number of rotatable bonds is 10. The van der Waals surface area contributed by atoms with Crippen molar-refractivity contribution in [3.05, 3.63) is 87.6 Å². The topological polar surface area (TPSA) is 245 Å². The fraction of sp³-hybridized carbons (Fsp3) is 0.382. The van der Waals surface area contributed by atoms with Crippen molar-refractivity contribution in [1.82, 2.24) is 0 Å². The number of carboxylic acid groups (broad SMARTS) is 3. The second-order valence-electron chi connectivity index (χ2n) is 10.8. The van der Waals surface area contributed by atoms with E-state index in [1.165, 1.54) is 18.9 Å². The summed E-state index contributed by atoms with van der Waals surface area (Å²) in [5.41, 5.74) is 17.0. The summed E-state index contributed by atoms with van der Waals surface area (Å²) in [4.78, 5) is 58.0. The van der Waals surface area contributed by atoms with E-state index in [4.69, 9.17) is 40.8 Å². The molecule has 14 nitrogen and oxygen atoms in total. The molecule has 7 N–H and O–H groups in total. The van der Waals surface area contributed by atoms with Crippen molar-refractivity contribution in [2.24, 2.45) is 0 Å². The van der Waals surface area contributed by atoms with Gasteiger partial charge in [-0.05, 0) is 55.8 Å². The summed E-state index contributed by atoms with van der Waals surface area (Å²) in [6.07, 6.45) is 7.29. The third-order valence-electron chi connectivity index (χ3n) is 7.48. The van der Waals surface area contributed by atoms with Crippen LogP contribution in [-0.4, -0.2) is 83.3 Å². The Balaban J connectivity index is 0.00000120. The molecular weight excluding hydrogens is 819 g/mol. The predicted molar refractivity (Wildman–Crippen MR) is 185 cm³/mol. The minimum Gasteiger partial charge on any atom is -0.676 e. The van der Waals surface area contributed by atoms with Crippen LogP contribution in [0.4, 0.5) is 11.4 Å². The van der Waals surface area contributed by atoms with Gasteiger partial charge >= 0.3 is 44.6 Å². The SMILES string of the molecule is CCN(CC)c1ccc2cc(C(=O)/C=C/c3ccc(N(C)CCC(=O)O)cc3)c(=O)oc2c1.O.O=C(O)C(=O)O.[NH-][C@@H]1CCCC[C@H]1[NH-].[Pt+2]. The number of fused-ring (bicyclic) bond motifs is 1. The van der Waals surface area contributed by atoms with Gasteiger partial charge in [0.05, 0.1) is 6.42 Å². The molecule has 1 aliphatic carbocycles. The van der Waals surface area contributed by atoms with Gasteiger partial charge in [-0.25, -0.2) is 14.4 Å². The van der Waals surface area contributed by atoms with Gasteiger partial charge < -0.3 is 46.5 Å². The van der Waals surface area contributed by atoms with Crippen LogP contribution in [0.15, 0.2) is 63.8 Å². The molecule has 3 aromatic rings. The molecule has 0 radical (unpaired) electrons. The van der Waals surface area contributed by atoms with Crippen molar-refractivity contribution in [1.29, 1.82) is 0 Å². The second-order valence-corrected chi connectivity index (χ2v) is 10.8. The van der Waals surface area contributed by atoms with Crippen LogP contribution in [0.25, 0.3) is 28.5 Å². The van der Waals surface area contributed by atoms with Crippen LogP contribution in [0.5, 0.6) is 0 Å². The van der Waals surface area contributed by atoms with Crippen LogP contribution < -0.4 is 15.4 Å². The second kappa shape index (κ2) is 22.3. The van der Waals surface area contributed by atoms with Crippen LogP contribution in [0.2, 0.25) is 0 Å². The van der Waals surface area contributed by atoms with E-state index in [2.05, 4.69) is 18.7 Å². The summed E-state index contributed by atoms with van der Waals surface area (Å²) >= 11 is 0. The van der Waals surface area contributed by atoms with E-state index in [0.717, 1.165) is 42.9 Å². The maximum Gasteiger partial charge on any atom is 2.00 e. The van der Waals surface area contributed by atoms with Crippen molar-refractivity contribution in [2.75, 3.05) is 36.5 Å². The summed E-state index contributed by atoms with van der Waals surface area (Å²) in [5, 5.41) is 24.3. The van der Waals surface area contributed by atoms with Crippen LogP contribution >= 0.6 is 0 Å². The van der Waals surface area contributed by atoms with Crippen LogP contribution in [0.3, 0.4) is 0 Å². The third-order valence-corrected chi connectivity index (χ3v) is 7.48. The molecule has 2 atom stereocenters. The fourth-order valence-electron chi connectivity index (χ4n) is 4.68. The van der Waals surface area contributed by atoms with Gasteiger partial charge in [-0.3, -0.25) is 9.59 Å². The zero-order chi connectivity index (χ0) is 35.1. The van der Waals surface area contributed by atoms with Gasteiger partial charge in [0.25, 0.3) is 0 Å². The number of benzene rings is 2. The number of nitrogens with one attached hydrogen (secondary N) is 2. The molecule has 1 saturated carbocycles. The number of carbonyl (C=O) groups is 4. The van der Waals surface area contributed by atoms with E-state index in [1.54, 1.807) is 12.1 Å². The monoisotopic (exact) mass is 863 g/mol.